The van der Waals surface area contributed by atoms with E-state index < -0.39 is 261 Å². The Hall–Kier alpha value is -4.54. The molecule has 0 saturated carbocycles. The van der Waals surface area contributed by atoms with Crippen LogP contribution in [0.15, 0.2) is 164 Å². The van der Waals surface area contributed by atoms with Crippen molar-refractivity contribution in [1.29, 1.82) is 0 Å². The van der Waals surface area contributed by atoms with Gasteiger partial charge in [-0.2, -0.15) is 0 Å². The third-order valence-electron chi connectivity index (χ3n) is 24.0. The van der Waals surface area contributed by atoms with Crippen molar-refractivity contribution in [2.75, 3.05) is 39.6 Å². The van der Waals surface area contributed by atoms with Crippen molar-refractivity contribution >= 4 is 84.7 Å². The molecule has 6 aliphatic heterocycles. The van der Waals surface area contributed by atoms with Crippen molar-refractivity contribution in [3.05, 3.63) is 164 Å². The SMILES string of the molecule is CC1=C\C=C\C2(C)C=C(CO[C@H]3O[C@H](CO)[C@H](O)[C@H](O)[C@H]3O)C(C)CC23OC(=O)/C(=C(O)/C=C/C2(C)C=C(CO)C(C)CC24OC(=O)\C(=C(O)/C(C)=C/C=C/C2(C)C=C(CO[C@H]5O[C@H](CO)[C@H](O)[C@H](O)[C@H]5O)C(C)CC25OC(=O)/C(=C(O)/C=C/C2(C)C=C(CO)C(C)CC26OC(=O)\C(=C\1O)C6=O)C5=O)C4=O)C3=O.[Ca+2].[K+].[Na+]. The summed E-state index contributed by atoms with van der Waals surface area (Å²) >= 11 is 0. The molecule has 0 aromatic heterocycles. The zero-order valence-electron chi connectivity index (χ0n) is 63.7. The van der Waals surface area contributed by atoms with Crippen LogP contribution in [0.2, 0.25) is 0 Å². The van der Waals surface area contributed by atoms with Crippen LogP contribution in [0.4, 0.5) is 0 Å². The Kier molecular flexibility index (Phi) is 28.3. The van der Waals surface area contributed by atoms with Gasteiger partial charge in [-0.15, -0.1) is 0 Å². The zero-order valence-corrected chi connectivity index (χ0v) is 71.1. The predicted molar refractivity (Wildman–Crippen MR) is 377 cm³/mol. The van der Waals surface area contributed by atoms with Gasteiger partial charge in [0, 0.05) is 25.7 Å². The molecule has 0 amide bonds. The minimum atomic E-state index is -2.28. The number of allylic oxidation sites excluding steroid dienone is 8. The standard InChI is InChI=1S/C78H92O30.Ca.K.Na/c1-35-13-11-17-71(7)27-43(33-101-69-59(91)57(89)55(87)47(31-81)103-69)39(5)23-75(71)61(93)49(65(97)105-75)46(84)16-20-74(10)26-42(30-80)38(4)22-78(74)64(96)52(68(100)108-78)54(86)36(2)14-12-18-72(8)28-44(34-102-70-60(92)58(90)56(88)48(32-82)104-70)40(6)24-76(72)62(94)50(66(98)106-76)45(83)15-19-73(9)25-41(29-79)37(3)21-77(73)63(95)51(53(35)85)67(99)107-77;;;/h11-20,25-28,37-40,47-48,55-60,69-70,79-92H,21-24,29-34H2,1-10H3;;;/q;+2;2*+1/b17-11+,18-12+,19-15+,20-16+,35-13+,36-14+,49-46-,50-45-,53-51-,54-52+;;;/t37?,38?,39?,40?,47-,48-,55+,56+,57+,58+,59-,60-,69+,70+,71?,72?,73?,74?,75?,76?,77?,78?;;;/m1.../s1. The van der Waals surface area contributed by atoms with Gasteiger partial charge >= 0.3 is 143 Å². The quantitative estimate of drug-likeness (QED) is 0.0325. The Morgan fingerprint density at radius 3 is 0.982 bits per heavy atom. The minimum absolute atomic E-state index is 0. The van der Waals surface area contributed by atoms with Crippen molar-refractivity contribution < 1.29 is 229 Å². The van der Waals surface area contributed by atoms with E-state index in [1.165, 1.54) is 114 Å². The van der Waals surface area contributed by atoms with Crippen LogP contribution in [0.25, 0.3) is 0 Å². The maximum Gasteiger partial charge on any atom is 2.00 e. The van der Waals surface area contributed by atoms with Crippen molar-refractivity contribution in [3.8, 4) is 0 Å². The molecule has 14 N–H and O–H groups in total. The Morgan fingerprint density at radius 1 is 0.414 bits per heavy atom. The first kappa shape index (κ1) is 92.0. The van der Waals surface area contributed by atoms with E-state index in [0.29, 0.717) is 22.3 Å². The van der Waals surface area contributed by atoms with Crippen LogP contribution in [0.3, 0.4) is 0 Å². The molecule has 584 valence electrons. The Bertz CT molecular complexity index is 4050. The van der Waals surface area contributed by atoms with E-state index in [1.54, 1.807) is 27.7 Å². The van der Waals surface area contributed by atoms with E-state index in [1.807, 2.05) is 0 Å². The van der Waals surface area contributed by atoms with E-state index >= 15 is 19.2 Å². The smallest absolute Gasteiger partial charge is 0.507 e. The first-order chi connectivity index (χ1) is 50.6. The van der Waals surface area contributed by atoms with Crippen LogP contribution < -0.4 is 80.9 Å². The van der Waals surface area contributed by atoms with Crippen LogP contribution in [0, 0.1) is 45.3 Å². The number of esters is 4. The summed E-state index contributed by atoms with van der Waals surface area (Å²) in [6, 6.07) is 0. The largest absolute Gasteiger partial charge is 2.00 e. The normalized spacial score (nSPS) is 44.8. The van der Waals surface area contributed by atoms with Gasteiger partial charge < -0.3 is 109 Å². The van der Waals surface area contributed by atoms with Gasteiger partial charge in [0.1, 0.15) is 94.2 Å². The molecule has 4 spiro atoms. The number of fused-ring (bicyclic) bond motifs is 4. The molecule has 11 aliphatic rings. The fourth-order valence-electron chi connectivity index (χ4n) is 17.0. The van der Waals surface area contributed by atoms with Crippen molar-refractivity contribution in [3.63, 3.8) is 0 Å². The zero-order chi connectivity index (χ0) is 79.4. The number of Topliss-reactive ketones (excluding diaryl/α,β-unsaturated/α-hetero) is 4. The predicted octanol–water partition coefficient (Wildman–Crippen LogP) is -4.04. The minimum Gasteiger partial charge on any atom is -0.507 e. The Labute approximate surface area is 733 Å². The number of hydrogen-bond donors (Lipinski definition) is 14. The van der Waals surface area contributed by atoms with Crippen LogP contribution in [0.1, 0.15) is 94.9 Å². The second-order valence-electron chi connectivity index (χ2n) is 31.0. The van der Waals surface area contributed by atoms with Crippen molar-refractivity contribution in [2.24, 2.45) is 45.3 Å². The summed E-state index contributed by atoms with van der Waals surface area (Å²) in [5, 5.41) is 154. The average Bonchev–Trinajstić information content (AvgIpc) is 1.60. The fourth-order valence-corrected chi connectivity index (χ4v) is 17.0. The topological polar surface area (TPSA) is 494 Å². The third kappa shape index (κ3) is 15.3. The van der Waals surface area contributed by atoms with Gasteiger partial charge in [0.2, 0.25) is 23.1 Å². The molecule has 33 heteroatoms. The van der Waals surface area contributed by atoms with Crippen molar-refractivity contribution in [2.45, 2.75) is 179 Å². The molecule has 0 aromatic carbocycles. The molecule has 5 aliphatic carbocycles. The van der Waals surface area contributed by atoms with Gasteiger partial charge in [-0.25, -0.2) is 19.2 Å². The second-order valence-corrected chi connectivity index (χ2v) is 31.0. The maximum atomic E-state index is 15.5. The first-order valence-corrected chi connectivity index (χ1v) is 35.5. The summed E-state index contributed by atoms with van der Waals surface area (Å²) in [5.41, 5.74) is -19.0. The van der Waals surface area contributed by atoms with E-state index in [4.69, 9.17) is 37.9 Å². The summed E-state index contributed by atoms with van der Waals surface area (Å²) in [4.78, 5) is 120. The van der Waals surface area contributed by atoms with Gasteiger partial charge in [0.25, 0.3) is 0 Å². The molecular weight excluding hydrogens is 1520 g/mol. The summed E-state index contributed by atoms with van der Waals surface area (Å²) in [7, 11) is 0. The number of hydrogen-bond acceptors (Lipinski definition) is 30. The van der Waals surface area contributed by atoms with Gasteiger partial charge in [-0.05, 0) is 111 Å². The van der Waals surface area contributed by atoms with Crippen LogP contribution in [0.5, 0.6) is 0 Å². The van der Waals surface area contributed by atoms with E-state index in [0.717, 1.165) is 12.2 Å². The fraction of sp³-hybridized carbons (Fsp3) is 0.538. The van der Waals surface area contributed by atoms with Gasteiger partial charge in [-0.3, -0.25) is 19.2 Å². The maximum absolute atomic E-state index is 15.5. The molecule has 8 bridgehead atoms. The second kappa shape index (κ2) is 34.2. The number of rotatable bonds is 10. The van der Waals surface area contributed by atoms with Gasteiger partial charge in [-0.1, -0.05) is 101 Å². The molecule has 22 atom stereocenters. The number of carbonyl (C=O) groups excluding carboxylic acids is 8. The molecule has 6 saturated heterocycles. The Morgan fingerprint density at radius 2 is 0.685 bits per heavy atom. The summed E-state index contributed by atoms with van der Waals surface area (Å²) in [6.07, 6.45) is -0.393. The van der Waals surface area contributed by atoms with Gasteiger partial charge in [0.15, 0.2) is 35.0 Å². The molecule has 30 nitrogen and oxygen atoms in total. The Balaban J connectivity index is 0.00000516. The molecule has 11 rings (SSSR count). The van der Waals surface area contributed by atoms with Gasteiger partial charge in [0.05, 0.1) is 61.3 Å². The van der Waals surface area contributed by atoms with Crippen LogP contribution in [-0.4, -0.2) is 280 Å². The summed E-state index contributed by atoms with van der Waals surface area (Å²) in [5.74, 6) is -16.4. The van der Waals surface area contributed by atoms with Crippen molar-refractivity contribution in [1.82, 2.24) is 0 Å². The third-order valence-corrected chi connectivity index (χ3v) is 24.0. The summed E-state index contributed by atoms with van der Waals surface area (Å²) in [6.45, 7) is 11.3. The molecule has 0 radical (unpaired) electrons. The molecule has 12 unspecified atom stereocenters. The number of ketones is 4. The molecule has 111 heavy (non-hydrogen) atoms. The average molecular weight is 1610 g/mol. The van der Waals surface area contributed by atoms with Crippen LogP contribution >= 0.6 is 0 Å². The van der Waals surface area contributed by atoms with E-state index in [-0.39, 0.29) is 156 Å². The summed E-state index contributed by atoms with van der Waals surface area (Å²) < 4.78 is 47.6. The molecule has 6 fully saturated rings. The monoisotopic (exact) mass is 1610 g/mol. The van der Waals surface area contributed by atoms with E-state index in [9.17, 15) is 90.7 Å². The number of carbonyl (C=O) groups is 8. The first-order valence-electron chi connectivity index (χ1n) is 35.5. The van der Waals surface area contributed by atoms with Crippen LogP contribution in [-0.2, 0) is 76.3 Å². The molecule has 0 aromatic rings. The number of ether oxygens (including phenoxy) is 8. The molecule has 6 heterocycles. The molecular formula is C78H92CaKNaO30+4. The number of aliphatic hydroxyl groups is 14. The number of aliphatic hydroxyl groups excluding tert-OH is 14. The van der Waals surface area contributed by atoms with E-state index in [2.05, 4.69) is 0 Å².